The van der Waals surface area contributed by atoms with Gasteiger partial charge in [-0.2, -0.15) is 0 Å². The van der Waals surface area contributed by atoms with Gasteiger partial charge in [0.25, 0.3) is 0 Å². The van der Waals surface area contributed by atoms with Gasteiger partial charge in [-0.1, -0.05) is 13.8 Å². The number of rotatable bonds is 12. The first kappa shape index (κ1) is 24.1. The summed E-state index contributed by atoms with van der Waals surface area (Å²) in [4.78, 5) is 50.3. The molecule has 0 aliphatic carbocycles. The van der Waals surface area contributed by atoms with Gasteiger partial charge in [0.05, 0.1) is 12.5 Å². The Balaban J connectivity index is 4.91. The molecule has 10 N–H and O–H groups in total. The summed E-state index contributed by atoms with van der Waals surface area (Å²) in [7, 11) is 0. The lowest BCUT2D eigenvalue weighted by molar-refractivity contribution is -0.144. The molecule has 27 heavy (non-hydrogen) atoms. The highest BCUT2D eigenvalue weighted by Gasteiger charge is 2.30. The Morgan fingerprint density at radius 2 is 1.63 bits per heavy atom. The number of nitrogens with two attached hydrogens (primary N) is 3. The monoisotopic (exact) mass is 388 g/mol. The van der Waals surface area contributed by atoms with Crippen LogP contribution in [-0.4, -0.2) is 64.6 Å². The Morgan fingerprint density at radius 1 is 1.04 bits per heavy atom. The van der Waals surface area contributed by atoms with Gasteiger partial charge in [0.2, 0.25) is 11.8 Å². The van der Waals surface area contributed by atoms with Gasteiger partial charge < -0.3 is 38.0 Å². The highest BCUT2D eigenvalue weighted by Crippen LogP contribution is 2.04. The van der Waals surface area contributed by atoms with Crippen molar-refractivity contribution >= 4 is 29.7 Å². The maximum absolute atomic E-state index is 12.3. The summed E-state index contributed by atoms with van der Waals surface area (Å²) >= 11 is 0. The molecule has 3 unspecified atom stereocenters. The molecule has 0 spiro atoms. The summed E-state index contributed by atoms with van der Waals surface area (Å²) in [6, 6.07) is -3.69. The van der Waals surface area contributed by atoms with Gasteiger partial charge in [-0.3, -0.25) is 19.4 Å². The molecule has 0 aliphatic rings. The van der Waals surface area contributed by atoms with E-state index < -0.39 is 54.2 Å². The number of carboxylic acid groups (broad SMARTS) is 2. The van der Waals surface area contributed by atoms with E-state index in [1.165, 1.54) is 0 Å². The van der Waals surface area contributed by atoms with Crippen molar-refractivity contribution < 1.29 is 29.4 Å². The average Bonchev–Trinajstić information content (AvgIpc) is 2.54. The number of amides is 2. The molecule has 0 aromatic rings. The molecule has 3 atom stereocenters. The lowest BCUT2D eigenvalue weighted by atomic mass is 10.0. The standard InChI is InChI=1S/C15H28N6O6/c1-7(2)11(14(26)27)21-13(25)9(6-10(22)23)20-12(24)8(16)4-3-5-19-15(17)18/h7-9,11H,3-6,16H2,1-2H3,(H,20,24)(H,21,25)(H,22,23)(H,26,27)(H4,17,18,19). The minimum absolute atomic E-state index is 0.0932. The summed E-state index contributed by atoms with van der Waals surface area (Å²) < 4.78 is 0. The van der Waals surface area contributed by atoms with Gasteiger partial charge in [-0.25, -0.2) is 4.79 Å². The number of carboxylic acids is 2. The third-order valence-corrected chi connectivity index (χ3v) is 3.55. The van der Waals surface area contributed by atoms with E-state index in [2.05, 4.69) is 15.6 Å². The van der Waals surface area contributed by atoms with Gasteiger partial charge >= 0.3 is 11.9 Å². The van der Waals surface area contributed by atoms with E-state index in [0.717, 1.165) is 0 Å². The minimum Gasteiger partial charge on any atom is -0.481 e. The number of hydrogen-bond acceptors (Lipinski definition) is 6. The molecular weight excluding hydrogens is 360 g/mol. The van der Waals surface area contributed by atoms with Crippen molar-refractivity contribution in [2.24, 2.45) is 28.1 Å². The van der Waals surface area contributed by atoms with Crippen molar-refractivity contribution in [2.45, 2.75) is 51.2 Å². The van der Waals surface area contributed by atoms with E-state index in [1.807, 2.05) is 0 Å². The fourth-order valence-corrected chi connectivity index (χ4v) is 2.08. The summed E-state index contributed by atoms with van der Waals surface area (Å²) in [5, 5.41) is 22.5. The molecule has 0 aliphatic heterocycles. The van der Waals surface area contributed by atoms with Crippen molar-refractivity contribution in [3.63, 3.8) is 0 Å². The zero-order valence-electron chi connectivity index (χ0n) is 15.3. The van der Waals surface area contributed by atoms with Gasteiger partial charge in [-0.15, -0.1) is 0 Å². The molecule has 0 saturated carbocycles. The second-order valence-electron chi connectivity index (χ2n) is 6.28. The van der Waals surface area contributed by atoms with E-state index in [9.17, 15) is 19.2 Å². The predicted molar refractivity (Wildman–Crippen MR) is 96.5 cm³/mol. The molecule has 2 amide bonds. The zero-order chi connectivity index (χ0) is 21.1. The van der Waals surface area contributed by atoms with Crippen LogP contribution >= 0.6 is 0 Å². The van der Waals surface area contributed by atoms with Crippen LogP contribution < -0.4 is 27.8 Å². The summed E-state index contributed by atoms with van der Waals surface area (Å²) in [6.07, 6.45) is -0.118. The molecule has 0 aromatic heterocycles. The summed E-state index contributed by atoms with van der Waals surface area (Å²) in [5.41, 5.74) is 16.1. The number of nitrogens with zero attached hydrogens (tertiary/aromatic N) is 1. The molecule has 0 rings (SSSR count). The van der Waals surface area contributed by atoms with Crippen LogP contribution in [0.2, 0.25) is 0 Å². The Labute approximate surface area is 156 Å². The second-order valence-corrected chi connectivity index (χ2v) is 6.28. The van der Waals surface area contributed by atoms with Crippen molar-refractivity contribution in [2.75, 3.05) is 6.54 Å². The first-order valence-electron chi connectivity index (χ1n) is 8.32. The topological polar surface area (TPSA) is 223 Å². The third-order valence-electron chi connectivity index (χ3n) is 3.55. The Hall–Kier alpha value is -2.89. The van der Waals surface area contributed by atoms with Crippen LogP contribution in [-0.2, 0) is 19.2 Å². The largest absolute Gasteiger partial charge is 0.481 e. The van der Waals surface area contributed by atoms with Crippen LogP contribution in [0.1, 0.15) is 33.1 Å². The maximum atomic E-state index is 12.3. The molecule has 154 valence electrons. The van der Waals surface area contributed by atoms with Crippen molar-refractivity contribution in [1.29, 1.82) is 0 Å². The quantitative estimate of drug-likeness (QED) is 0.107. The van der Waals surface area contributed by atoms with Crippen LogP contribution in [0, 0.1) is 5.92 Å². The Kier molecular flexibility index (Phi) is 10.4. The normalized spacial score (nSPS) is 13.9. The minimum atomic E-state index is -1.46. The number of aliphatic imine (C=N–C) groups is 1. The van der Waals surface area contributed by atoms with Crippen LogP contribution in [0.25, 0.3) is 0 Å². The molecule has 0 aromatic carbocycles. The molecule has 12 nitrogen and oxygen atoms in total. The molecule has 0 bridgehead atoms. The highest BCUT2D eigenvalue weighted by atomic mass is 16.4. The van der Waals surface area contributed by atoms with E-state index >= 15 is 0 Å². The number of guanidine groups is 1. The first-order chi connectivity index (χ1) is 12.5. The van der Waals surface area contributed by atoms with Crippen LogP contribution in [0.4, 0.5) is 0 Å². The van der Waals surface area contributed by atoms with E-state index in [0.29, 0.717) is 6.42 Å². The first-order valence-corrected chi connectivity index (χ1v) is 8.32. The molecule has 12 heteroatoms. The molecule has 0 fully saturated rings. The number of nitrogens with one attached hydrogen (secondary N) is 2. The Bertz CT molecular complexity index is 575. The molecule has 0 saturated heterocycles. The predicted octanol–water partition coefficient (Wildman–Crippen LogP) is -2.45. The fourth-order valence-electron chi connectivity index (χ4n) is 2.08. The molecular formula is C15H28N6O6. The number of aliphatic carboxylic acids is 2. The molecule has 0 radical (unpaired) electrons. The lowest BCUT2D eigenvalue weighted by Crippen LogP contribution is -2.56. The SMILES string of the molecule is CC(C)C(NC(=O)C(CC(=O)O)NC(=O)C(N)CCCN=C(N)N)C(=O)O. The zero-order valence-corrected chi connectivity index (χ0v) is 15.3. The fraction of sp³-hybridized carbons (Fsp3) is 0.667. The van der Waals surface area contributed by atoms with Gasteiger partial charge in [0, 0.05) is 6.54 Å². The number of hydrogen-bond donors (Lipinski definition) is 7. The number of carbonyl (C=O) groups excluding carboxylic acids is 2. The van der Waals surface area contributed by atoms with Crippen molar-refractivity contribution in [3.8, 4) is 0 Å². The summed E-state index contributed by atoms with van der Waals surface area (Å²) in [6.45, 7) is 3.42. The molecule has 0 heterocycles. The maximum Gasteiger partial charge on any atom is 0.326 e. The van der Waals surface area contributed by atoms with Gasteiger partial charge in [0.1, 0.15) is 12.1 Å². The van der Waals surface area contributed by atoms with Gasteiger partial charge in [-0.05, 0) is 18.8 Å². The van der Waals surface area contributed by atoms with Crippen molar-refractivity contribution in [3.05, 3.63) is 0 Å². The van der Waals surface area contributed by atoms with Gasteiger partial charge in [0.15, 0.2) is 5.96 Å². The van der Waals surface area contributed by atoms with Crippen LogP contribution in [0.5, 0.6) is 0 Å². The van der Waals surface area contributed by atoms with E-state index in [-0.39, 0.29) is 18.9 Å². The Morgan fingerprint density at radius 3 is 2.07 bits per heavy atom. The number of carbonyl (C=O) groups is 4. The van der Waals surface area contributed by atoms with E-state index in [1.54, 1.807) is 13.8 Å². The average molecular weight is 388 g/mol. The third kappa shape index (κ3) is 9.99. The van der Waals surface area contributed by atoms with Crippen LogP contribution in [0.15, 0.2) is 4.99 Å². The lowest BCUT2D eigenvalue weighted by Gasteiger charge is -2.23. The summed E-state index contributed by atoms with van der Waals surface area (Å²) in [5.74, 6) is -4.80. The van der Waals surface area contributed by atoms with Crippen LogP contribution in [0.3, 0.4) is 0 Å². The second kappa shape index (κ2) is 11.7. The smallest absolute Gasteiger partial charge is 0.326 e. The van der Waals surface area contributed by atoms with E-state index in [4.69, 9.17) is 27.4 Å². The van der Waals surface area contributed by atoms with Crippen molar-refractivity contribution in [1.82, 2.24) is 10.6 Å². The highest BCUT2D eigenvalue weighted by molar-refractivity contribution is 5.93.